The second-order valence-corrected chi connectivity index (χ2v) is 8.34. The first-order valence-corrected chi connectivity index (χ1v) is 10.8. The second kappa shape index (κ2) is 8.30. The van der Waals surface area contributed by atoms with E-state index < -0.39 is 6.04 Å². The van der Waals surface area contributed by atoms with Gasteiger partial charge < -0.3 is 19.2 Å². The molecule has 1 aliphatic heterocycles. The Kier molecular flexibility index (Phi) is 5.30. The van der Waals surface area contributed by atoms with Gasteiger partial charge in [-0.2, -0.15) is 0 Å². The summed E-state index contributed by atoms with van der Waals surface area (Å²) in [6.07, 6.45) is 0.581. The Morgan fingerprint density at radius 1 is 1.03 bits per heavy atom. The number of benzene rings is 3. The average molecular weight is 462 g/mol. The Morgan fingerprint density at radius 3 is 2.45 bits per heavy atom. The van der Waals surface area contributed by atoms with Crippen molar-refractivity contribution in [2.45, 2.75) is 12.5 Å². The number of hydrogen-bond acceptors (Lipinski definition) is 5. The Labute approximate surface area is 194 Å². The number of carbonyl (C=O) groups excluding carboxylic acids is 1. The fourth-order valence-electron chi connectivity index (χ4n) is 4.27. The van der Waals surface area contributed by atoms with Crippen molar-refractivity contribution in [2.24, 2.45) is 0 Å². The van der Waals surface area contributed by atoms with Crippen LogP contribution in [0.4, 0.5) is 0 Å². The van der Waals surface area contributed by atoms with E-state index >= 15 is 0 Å². The highest BCUT2D eigenvalue weighted by Gasteiger charge is 2.42. The molecule has 0 aliphatic carbocycles. The van der Waals surface area contributed by atoms with Crippen molar-refractivity contribution in [3.8, 4) is 11.5 Å². The summed E-state index contributed by atoms with van der Waals surface area (Å²) in [6, 6.07) is 18.3. The third-order valence-electron chi connectivity index (χ3n) is 5.94. The fourth-order valence-corrected chi connectivity index (χ4v) is 4.44. The molecule has 5 rings (SSSR count). The number of nitrogens with zero attached hydrogens (tertiary/aromatic N) is 1. The molecule has 0 saturated carbocycles. The molecule has 1 unspecified atom stereocenters. The topological polar surface area (TPSA) is 80.0 Å². The minimum absolute atomic E-state index is 0.0441. The Morgan fingerprint density at radius 2 is 1.76 bits per heavy atom. The highest BCUT2D eigenvalue weighted by molar-refractivity contribution is 6.31. The first-order valence-electron chi connectivity index (χ1n) is 10.5. The lowest BCUT2D eigenvalue weighted by Gasteiger charge is -2.25. The predicted molar refractivity (Wildman–Crippen MR) is 125 cm³/mol. The molecular formula is C26H20ClNO5. The van der Waals surface area contributed by atoms with Crippen LogP contribution in [0.3, 0.4) is 0 Å². The normalized spacial score (nSPS) is 15.2. The number of ether oxygens (including phenoxy) is 1. The minimum atomic E-state index is -0.633. The van der Waals surface area contributed by atoms with E-state index in [0.717, 1.165) is 11.3 Å². The number of aromatic hydroxyl groups is 1. The molecule has 4 aromatic rings. The summed E-state index contributed by atoms with van der Waals surface area (Å²) in [5.41, 5.74) is 2.06. The van der Waals surface area contributed by atoms with Gasteiger partial charge in [0.25, 0.3) is 5.91 Å². The summed E-state index contributed by atoms with van der Waals surface area (Å²) in [4.78, 5) is 28.6. The number of halogens is 1. The van der Waals surface area contributed by atoms with Gasteiger partial charge in [-0.15, -0.1) is 0 Å². The largest absolute Gasteiger partial charge is 0.508 e. The quantitative estimate of drug-likeness (QED) is 0.455. The molecule has 1 amide bonds. The molecule has 3 aromatic carbocycles. The van der Waals surface area contributed by atoms with Crippen LogP contribution in [-0.4, -0.2) is 29.6 Å². The highest BCUT2D eigenvalue weighted by Crippen LogP contribution is 2.38. The predicted octanol–water partition coefficient (Wildman–Crippen LogP) is 4.95. The Balaban J connectivity index is 1.60. The van der Waals surface area contributed by atoms with Crippen molar-refractivity contribution in [2.75, 3.05) is 13.7 Å². The van der Waals surface area contributed by atoms with Crippen molar-refractivity contribution >= 4 is 28.5 Å². The van der Waals surface area contributed by atoms with Crippen molar-refractivity contribution in [3.63, 3.8) is 0 Å². The number of methoxy groups -OCH3 is 1. The first-order chi connectivity index (χ1) is 16.0. The van der Waals surface area contributed by atoms with Crippen molar-refractivity contribution in [1.29, 1.82) is 0 Å². The van der Waals surface area contributed by atoms with E-state index in [2.05, 4.69) is 0 Å². The molecule has 1 N–H and O–H groups in total. The maximum absolute atomic E-state index is 13.5. The van der Waals surface area contributed by atoms with E-state index in [0.29, 0.717) is 34.5 Å². The molecular weight excluding hydrogens is 442 g/mol. The molecule has 7 heteroatoms. The highest BCUT2D eigenvalue weighted by atomic mass is 35.5. The fraction of sp³-hybridized carbons (Fsp3) is 0.154. The van der Waals surface area contributed by atoms with Crippen molar-refractivity contribution < 1.29 is 19.1 Å². The van der Waals surface area contributed by atoms with E-state index in [1.165, 1.54) is 0 Å². The summed E-state index contributed by atoms with van der Waals surface area (Å²) in [7, 11) is 1.61. The number of phenolic OH excluding ortho intramolecular Hbond substituents is 1. The van der Waals surface area contributed by atoms with E-state index in [1.54, 1.807) is 54.5 Å². The molecule has 33 heavy (non-hydrogen) atoms. The van der Waals surface area contributed by atoms with Gasteiger partial charge in [-0.05, 0) is 60.0 Å². The Bertz CT molecular complexity index is 1410. The van der Waals surface area contributed by atoms with Crippen LogP contribution in [0.2, 0.25) is 5.02 Å². The van der Waals surface area contributed by atoms with Crippen LogP contribution >= 0.6 is 11.6 Å². The lowest BCUT2D eigenvalue weighted by Crippen LogP contribution is -2.31. The minimum Gasteiger partial charge on any atom is -0.508 e. The Hall–Kier alpha value is -3.77. The molecule has 0 spiro atoms. The molecule has 0 saturated heterocycles. The van der Waals surface area contributed by atoms with Gasteiger partial charge in [0.1, 0.15) is 17.1 Å². The smallest absolute Gasteiger partial charge is 0.290 e. The maximum atomic E-state index is 13.5. The van der Waals surface area contributed by atoms with Gasteiger partial charge in [0, 0.05) is 11.6 Å². The van der Waals surface area contributed by atoms with Gasteiger partial charge >= 0.3 is 0 Å². The van der Waals surface area contributed by atoms with Gasteiger partial charge in [0.15, 0.2) is 5.43 Å². The van der Waals surface area contributed by atoms with Gasteiger partial charge in [-0.25, -0.2) is 0 Å². The molecule has 1 aromatic heterocycles. The third-order valence-corrected chi connectivity index (χ3v) is 6.17. The summed E-state index contributed by atoms with van der Waals surface area (Å²) < 4.78 is 11.1. The summed E-state index contributed by atoms with van der Waals surface area (Å²) in [6.45, 7) is 0.372. The molecule has 1 atom stereocenters. The molecule has 2 heterocycles. The van der Waals surface area contributed by atoms with Crippen LogP contribution < -0.4 is 10.2 Å². The van der Waals surface area contributed by atoms with Crippen LogP contribution in [0.5, 0.6) is 11.5 Å². The van der Waals surface area contributed by atoms with Crippen molar-refractivity contribution in [1.82, 2.24) is 4.90 Å². The molecule has 166 valence electrons. The van der Waals surface area contributed by atoms with Crippen LogP contribution in [0.15, 0.2) is 75.9 Å². The lowest BCUT2D eigenvalue weighted by molar-refractivity contribution is 0.0730. The summed E-state index contributed by atoms with van der Waals surface area (Å²) >= 11 is 6.11. The van der Waals surface area contributed by atoms with Gasteiger partial charge in [0.05, 0.1) is 24.1 Å². The number of phenols is 1. The van der Waals surface area contributed by atoms with Crippen LogP contribution in [0.25, 0.3) is 11.0 Å². The van der Waals surface area contributed by atoms with E-state index in [1.807, 2.05) is 24.3 Å². The zero-order valence-electron chi connectivity index (χ0n) is 17.7. The maximum Gasteiger partial charge on any atom is 0.290 e. The van der Waals surface area contributed by atoms with E-state index in [-0.39, 0.29) is 28.4 Å². The number of rotatable bonds is 5. The molecule has 0 fully saturated rings. The second-order valence-electron chi connectivity index (χ2n) is 7.91. The zero-order chi connectivity index (χ0) is 23.1. The van der Waals surface area contributed by atoms with Gasteiger partial charge in [0.2, 0.25) is 5.76 Å². The monoisotopic (exact) mass is 461 g/mol. The number of carbonyl (C=O) groups is 1. The zero-order valence-corrected chi connectivity index (χ0v) is 18.5. The molecule has 0 radical (unpaired) electrons. The lowest BCUT2D eigenvalue weighted by atomic mass is 9.98. The molecule has 0 bridgehead atoms. The molecule has 1 aliphatic rings. The summed E-state index contributed by atoms with van der Waals surface area (Å²) in [5, 5.41) is 10.5. The first kappa shape index (κ1) is 21.1. The van der Waals surface area contributed by atoms with Crippen molar-refractivity contribution in [3.05, 3.63) is 104 Å². The summed E-state index contributed by atoms with van der Waals surface area (Å²) in [5.74, 6) is 0.559. The van der Waals surface area contributed by atoms with Crippen LogP contribution in [0.1, 0.15) is 33.3 Å². The third kappa shape index (κ3) is 3.72. The standard InChI is InChI=1S/C26H20ClNO5/c1-32-19-9-2-15(3-10-19)12-13-28-23(16-4-7-18(29)8-5-16)22-24(30)20-14-17(27)6-11-21(20)33-25(22)26(28)31/h2-11,14,23,29H,12-13H2,1H3. The van der Waals surface area contributed by atoms with E-state index in [9.17, 15) is 14.7 Å². The van der Waals surface area contributed by atoms with Gasteiger partial charge in [-0.3, -0.25) is 9.59 Å². The number of amides is 1. The average Bonchev–Trinajstić information content (AvgIpc) is 3.11. The van der Waals surface area contributed by atoms with Crippen LogP contribution in [0, 0.1) is 0 Å². The van der Waals surface area contributed by atoms with E-state index in [4.69, 9.17) is 20.8 Å². The van der Waals surface area contributed by atoms with Gasteiger partial charge in [-0.1, -0.05) is 35.9 Å². The number of fused-ring (bicyclic) bond motifs is 2. The molecule has 6 nitrogen and oxygen atoms in total. The SMILES string of the molecule is COc1ccc(CCN2C(=O)c3oc4ccc(Cl)cc4c(=O)c3C2c2ccc(O)cc2)cc1. The number of hydrogen-bond donors (Lipinski definition) is 1. The van der Waals surface area contributed by atoms with Crippen LogP contribution in [-0.2, 0) is 6.42 Å².